The number of ether oxygens (including phenoxy) is 1. The van der Waals surface area contributed by atoms with Crippen LogP contribution in [0.5, 0.6) is 5.75 Å². The molecule has 2 aromatic carbocycles. The SMILES string of the molecule is CCCCCCc1ccccc1OC(=O)Nc1cccc(C)c1C. The summed E-state index contributed by atoms with van der Waals surface area (Å²) in [6.07, 6.45) is 5.29. The highest BCUT2D eigenvalue weighted by molar-refractivity contribution is 5.87. The van der Waals surface area contributed by atoms with Crippen LogP contribution in [0, 0.1) is 13.8 Å². The molecule has 0 saturated carbocycles. The van der Waals surface area contributed by atoms with Crippen LogP contribution in [0.15, 0.2) is 42.5 Å². The second kappa shape index (κ2) is 9.11. The zero-order chi connectivity index (χ0) is 17.4. The highest BCUT2D eigenvalue weighted by Gasteiger charge is 2.10. The Morgan fingerprint density at radius 3 is 2.58 bits per heavy atom. The number of rotatable bonds is 7. The third kappa shape index (κ3) is 5.12. The molecule has 0 saturated heterocycles. The Morgan fingerprint density at radius 2 is 1.79 bits per heavy atom. The number of aryl methyl sites for hydroxylation is 2. The van der Waals surface area contributed by atoms with Gasteiger partial charge in [0.15, 0.2) is 0 Å². The van der Waals surface area contributed by atoms with Crippen LogP contribution in [-0.4, -0.2) is 6.09 Å². The predicted octanol–water partition coefficient (Wildman–Crippen LogP) is 6.04. The van der Waals surface area contributed by atoms with Crippen LogP contribution in [0.1, 0.15) is 49.3 Å². The molecule has 3 nitrogen and oxygen atoms in total. The minimum Gasteiger partial charge on any atom is -0.410 e. The number of carbonyl (C=O) groups is 1. The molecule has 0 aromatic heterocycles. The van der Waals surface area contributed by atoms with E-state index in [0.717, 1.165) is 35.2 Å². The van der Waals surface area contributed by atoms with Gasteiger partial charge in [-0.2, -0.15) is 0 Å². The van der Waals surface area contributed by atoms with Gasteiger partial charge in [0.1, 0.15) is 5.75 Å². The number of para-hydroxylation sites is 1. The first-order valence-electron chi connectivity index (χ1n) is 8.74. The molecule has 0 atom stereocenters. The highest BCUT2D eigenvalue weighted by Crippen LogP contribution is 2.22. The third-order valence-corrected chi connectivity index (χ3v) is 4.32. The highest BCUT2D eigenvalue weighted by atomic mass is 16.6. The van der Waals surface area contributed by atoms with Crippen molar-refractivity contribution >= 4 is 11.8 Å². The van der Waals surface area contributed by atoms with Gasteiger partial charge in [0.25, 0.3) is 0 Å². The van der Waals surface area contributed by atoms with Crippen LogP contribution in [0.4, 0.5) is 10.5 Å². The van der Waals surface area contributed by atoms with E-state index in [-0.39, 0.29) is 0 Å². The summed E-state index contributed by atoms with van der Waals surface area (Å²) in [6.45, 7) is 6.22. The number of benzene rings is 2. The Kier molecular flexibility index (Phi) is 6.86. The average molecular weight is 325 g/mol. The number of anilines is 1. The summed E-state index contributed by atoms with van der Waals surface area (Å²) < 4.78 is 5.55. The van der Waals surface area contributed by atoms with E-state index in [1.807, 2.05) is 56.3 Å². The lowest BCUT2D eigenvalue weighted by Gasteiger charge is -2.13. The molecule has 0 aliphatic rings. The lowest BCUT2D eigenvalue weighted by atomic mass is 10.1. The van der Waals surface area contributed by atoms with E-state index >= 15 is 0 Å². The van der Waals surface area contributed by atoms with Crippen LogP contribution in [0.3, 0.4) is 0 Å². The molecule has 128 valence electrons. The summed E-state index contributed by atoms with van der Waals surface area (Å²) in [4.78, 5) is 12.2. The van der Waals surface area contributed by atoms with Crippen molar-refractivity contribution < 1.29 is 9.53 Å². The fraction of sp³-hybridized carbons (Fsp3) is 0.381. The molecule has 1 amide bonds. The van der Waals surface area contributed by atoms with Gasteiger partial charge in [-0.1, -0.05) is 56.5 Å². The summed E-state index contributed by atoms with van der Waals surface area (Å²) in [5.74, 6) is 0.650. The molecule has 0 heterocycles. The van der Waals surface area contributed by atoms with Gasteiger partial charge in [-0.25, -0.2) is 4.79 Å². The first-order valence-corrected chi connectivity index (χ1v) is 8.74. The number of hydrogen-bond acceptors (Lipinski definition) is 2. The molecule has 0 unspecified atom stereocenters. The largest absolute Gasteiger partial charge is 0.417 e. The van der Waals surface area contributed by atoms with Crippen molar-refractivity contribution in [1.82, 2.24) is 0 Å². The number of nitrogens with one attached hydrogen (secondary N) is 1. The molecular formula is C21H27NO2. The minimum atomic E-state index is -0.440. The van der Waals surface area contributed by atoms with E-state index in [1.165, 1.54) is 19.3 Å². The fourth-order valence-corrected chi connectivity index (χ4v) is 2.67. The molecule has 24 heavy (non-hydrogen) atoms. The lowest BCUT2D eigenvalue weighted by Crippen LogP contribution is -2.18. The summed E-state index contributed by atoms with van der Waals surface area (Å²) in [7, 11) is 0. The van der Waals surface area contributed by atoms with Crippen molar-refractivity contribution in [3.63, 3.8) is 0 Å². The summed E-state index contributed by atoms with van der Waals surface area (Å²) in [5, 5.41) is 2.84. The van der Waals surface area contributed by atoms with E-state index in [2.05, 4.69) is 12.2 Å². The first-order chi connectivity index (χ1) is 11.6. The Balaban J connectivity index is 1.99. The Bertz CT molecular complexity index is 679. The number of amides is 1. The second-order valence-corrected chi connectivity index (χ2v) is 6.18. The number of hydrogen-bond donors (Lipinski definition) is 1. The van der Waals surface area contributed by atoms with Crippen LogP contribution in [0.2, 0.25) is 0 Å². The number of unbranched alkanes of at least 4 members (excludes halogenated alkanes) is 3. The average Bonchev–Trinajstić information content (AvgIpc) is 2.57. The van der Waals surface area contributed by atoms with Gasteiger partial charge in [-0.3, -0.25) is 5.32 Å². The van der Waals surface area contributed by atoms with Crippen LogP contribution >= 0.6 is 0 Å². The van der Waals surface area contributed by atoms with Gasteiger partial charge < -0.3 is 4.74 Å². The van der Waals surface area contributed by atoms with Gasteiger partial charge in [-0.05, 0) is 55.5 Å². The molecule has 0 bridgehead atoms. The maximum Gasteiger partial charge on any atom is 0.417 e. The topological polar surface area (TPSA) is 38.3 Å². The quantitative estimate of drug-likeness (QED) is 0.630. The summed E-state index contributed by atoms with van der Waals surface area (Å²) >= 11 is 0. The molecule has 0 spiro atoms. The smallest absolute Gasteiger partial charge is 0.410 e. The van der Waals surface area contributed by atoms with E-state index < -0.39 is 6.09 Å². The van der Waals surface area contributed by atoms with Gasteiger partial charge >= 0.3 is 6.09 Å². The van der Waals surface area contributed by atoms with Gasteiger partial charge in [0.2, 0.25) is 0 Å². The van der Waals surface area contributed by atoms with E-state index in [4.69, 9.17) is 4.74 Å². The Hall–Kier alpha value is -2.29. The number of carbonyl (C=O) groups excluding carboxylic acids is 1. The summed E-state index contributed by atoms with van der Waals surface area (Å²) in [5.41, 5.74) is 4.08. The molecule has 1 N–H and O–H groups in total. The van der Waals surface area contributed by atoms with Crippen molar-refractivity contribution in [2.45, 2.75) is 52.9 Å². The normalized spacial score (nSPS) is 10.5. The zero-order valence-electron chi connectivity index (χ0n) is 14.9. The molecule has 0 aliphatic heterocycles. The van der Waals surface area contributed by atoms with Gasteiger partial charge in [-0.15, -0.1) is 0 Å². The Morgan fingerprint density at radius 1 is 1.00 bits per heavy atom. The van der Waals surface area contributed by atoms with Gasteiger partial charge in [0, 0.05) is 5.69 Å². The van der Waals surface area contributed by atoms with E-state index in [1.54, 1.807) is 0 Å². The van der Waals surface area contributed by atoms with Crippen LogP contribution in [-0.2, 0) is 6.42 Å². The summed E-state index contributed by atoms with van der Waals surface area (Å²) in [6, 6.07) is 13.6. The van der Waals surface area contributed by atoms with Crippen molar-refractivity contribution in [2.75, 3.05) is 5.32 Å². The molecule has 0 radical (unpaired) electrons. The van der Waals surface area contributed by atoms with E-state index in [0.29, 0.717) is 5.75 Å². The second-order valence-electron chi connectivity index (χ2n) is 6.18. The maximum atomic E-state index is 12.2. The minimum absolute atomic E-state index is 0.440. The molecule has 2 rings (SSSR count). The maximum absolute atomic E-state index is 12.2. The molecule has 0 fully saturated rings. The predicted molar refractivity (Wildman–Crippen MR) is 99.9 cm³/mol. The van der Waals surface area contributed by atoms with Crippen molar-refractivity contribution in [3.8, 4) is 5.75 Å². The first kappa shape index (κ1) is 18.1. The van der Waals surface area contributed by atoms with Crippen molar-refractivity contribution in [1.29, 1.82) is 0 Å². The van der Waals surface area contributed by atoms with E-state index in [9.17, 15) is 4.79 Å². The van der Waals surface area contributed by atoms with Crippen LogP contribution < -0.4 is 10.1 Å². The fourth-order valence-electron chi connectivity index (χ4n) is 2.67. The lowest BCUT2D eigenvalue weighted by molar-refractivity contribution is 0.214. The molecular weight excluding hydrogens is 298 g/mol. The monoisotopic (exact) mass is 325 g/mol. The molecule has 0 aliphatic carbocycles. The van der Waals surface area contributed by atoms with Crippen LogP contribution in [0.25, 0.3) is 0 Å². The molecule has 3 heteroatoms. The van der Waals surface area contributed by atoms with Crippen molar-refractivity contribution in [3.05, 3.63) is 59.2 Å². The zero-order valence-corrected chi connectivity index (χ0v) is 14.9. The molecule has 2 aromatic rings. The Labute approximate surface area is 145 Å². The standard InChI is InChI=1S/C21H27NO2/c1-4-5-6-7-12-18-13-8-9-15-20(18)24-21(23)22-19-14-10-11-16(2)17(19)3/h8-11,13-15H,4-7,12H2,1-3H3,(H,22,23). The van der Waals surface area contributed by atoms with Gasteiger partial charge in [0.05, 0.1) is 0 Å². The van der Waals surface area contributed by atoms with Crippen molar-refractivity contribution in [2.24, 2.45) is 0 Å². The third-order valence-electron chi connectivity index (χ3n) is 4.32.